The average Bonchev–Trinajstić information content (AvgIpc) is 2.33. The Morgan fingerprint density at radius 2 is 1.75 bits per heavy atom. The van der Waals surface area contributed by atoms with Crippen molar-refractivity contribution in [3.63, 3.8) is 0 Å². The van der Waals surface area contributed by atoms with Gasteiger partial charge in [-0.25, -0.2) is 4.98 Å². The fourth-order valence-corrected chi connectivity index (χ4v) is 1.78. The molecule has 0 N–H and O–H groups in total. The van der Waals surface area contributed by atoms with Crippen molar-refractivity contribution in [2.45, 2.75) is 13.3 Å². The lowest BCUT2D eigenvalue weighted by molar-refractivity contribution is 1.14. The monoisotopic (exact) mass is 251 g/mol. The predicted octanol–water partition coefficient (Wildman–Crippen LogP) is 4.62. The summed E-state index contributed by atoms with van der Waals surface area (Å²) in [4.78, 5) is 4.03. The first-order valence-electron chi connectivity index (χ1n) is 5.11. The van der Waals surface area contributed by atoms with Crippen LogP contribution in [0.15, 0.2) is 36.5 Å². The molecule has 0 unspecified atom stereocenters. The topological polar surface area (TPSA) is 12.9 Å². The van der Waals surface area contributed by atoms with E-state index in [0.29, 0.717) is 10.2 Å². The van der Waals surface area contributed by atoms with E-state index in [2.05, 4.69) is 36.2 Å². The first-order chi connectivity index (χ1) is 7.70. The van der Waals surface area contributed by atoms with E-state index in [0.717, 1.165) is 17.5 Å². The number of nitrogens with zero attached hydrogens (tertiary/aromatic N) is 1. The maximum atomic E-state index is 5.93. The van der Waals surface area contributed by atoms with E-state index >= 15 is 0 Å². The van der Waals surface area contributed by atoms with Gasteiger partial charge in [-0.3, -0.25) is 0 Å². The molecule has 0 aliphatic rings. The molecule has 3 heteroatoms. The van der Waals surface area contributed by atoms with Crippen molar-refractivity contribution in [2.24, 2.45) is 0 Å². The lowest BCUT2D eigenvalue weighted by Gasteiger charge is -2.04. The molecule has 2 aromatic rings. The number of pyridine rings is 1. The third-order valence-electron chi connectivity index (χ3n) is 2.49. The molecule has 0 bridgehead atoms. The van der Waals surface area contributed by atoms with Crippen molar-refractivity contribution in [3.8, 4) is 11.1 Å². The molecule has 0 aliphatic carbocycles. The molecule has 1 nitrogen and oxygen atoms in total. The standard InChI is InChI=1S/C13H11Cl2N/c1-2-9-3-5-10(6-4-9)11-7-12(14)13(15)16-8-11/h3-8H,2H2,1H3. The van der Waals surface area contributed by atoms with E-state index < -0.39 is 0 Å². The van der Waals surface area contributed by atoms with Gasteiger partial charge in [0.15, 0.2) is 0 Å². The maximum Gasteiger partial charge on any atom is 0.147 e. The first kappa shape index (κ1) is 11.4. The Kier molecular flexibility index (Phi) is 3.47. The van der Waals surface area contributed by atoms with Gasteiger partial charge in [-0.1, -0.05) is 54.4 Å². The van der Waals surface area contributed by atoms with Gasteiger partial charge in [0, 0.05) is 11.8 Å². The Balaban J connectivity index is 2.38. The van der Waals surface area contributed by atoms with Gasteiger partial charge in [-0.2, -0.15) is 0 Å². The SMILES string of the molecule is CCc1ccc(-c2cnc(Cl)c(Cl)c2)cc1. The van der Waals surface area contributed by atoms with E-state index in [-0.39, 0.29) is 0 Å². The molecule has 0 saturated heterocycles. The zero-order chi connectivity index (χ0) is 11.5. The molecular formula is C13H11Cl2N. The highest BCUT2D eigenvalue weighted by molar-refractivity contribution is 6.41. The number of hydrogen-bond acceptors (Lipinski definition) is 1. The van der Waals surface area contributed by atoms with Crippen LogP contribution in [-0.2, 0) is 6.42 Å². The number of rotatable bonds is 2. The number of benzene rings is 1. The summed E-state index contributed by atoms with van der Waals surface area (Å²) in [6.45, 7) is 2.13. The van der Waals surface area contributed by atoms with Gasteiger partial charge < -0.3 is 0 Å². The third kappa shape index (κ3) is 2.37. The first-order valence-corrected chi connectivity index (χ1v) is 5.86. The summed E-state index contributed by atoms with van der Waals surface area (Å²) < 4.78 is 0. The minimum Gasteiger partial charge on any atom is -0.242 e. The Labute approximate surface area is 105 Å². The highest BCUT2D eigenvalue weighted by atomic mass is 35.5. The molecule has 0 fully saturated rings. The van der Waals surface area contributed by atoms with Gasteiger partial charge in [0.25, 0.3) is 0 Å². The summed E-state index contributed by atoms with van der Waals surface area (Å²) in [5.41, 5.74) is 3.40. The molecule has 1 aromatic heterocycles. The molecule has 16 heavy (non-hydrogen) atoms. The highest BCUT2D eigenvalue weighted by Gasteiger charge is 2.03. The molecule has 0 aliphatic heterocycles. The second-order valence-electron chi connectivity index (χ2n) is 3.55. The van der Waals surface area contributed by atoms with Crippen LogP contribution >= 0.6 is 23.2 Å². The van der Waals surface area contributed by atoms with E-state index in [9.17, 15) is 0 Å². The van der Waals surface area contributed by atoms with Gasteiger partial charge in [-0.15, -0.1) is 0 Å². The summed E-state index contributed by atoms with van der Waals surface area (Å²) >= 11 is 11.7. The molecule has 1 heterocycles. The van der Waals surface area contributed by atoms with E-state index in [1.807, 2.05) is 6.07 Å². The van der Waals surface area contributed by atoms with Crippen LogP contribution in [0.25, 0.3) is 11.1 Å². The van der Waals surface area contributed by atoms with Crippen LogP contribution in [0.3, 0.4) is 0 Å². The number of aromatic nitrogens is 1. The summed E-state index contributed by atoms with van der Waals surface area (Å²) in [5, 5.41) is 0.828. The van der Waals surface area contributed by atoms with Gasteiger partial charge in [-0.05, 0) is 23.6 Å². The van der Waals surface area contributed by atoms with Crippen LogP contribution in [0, 0.1) is 0 Å². The van der Waals surface area contributed by atoms with Crippen LogP contribution < -0.4 is 0 Å². The summed E-state index contributed by atoms with van der Waals surface area (Å²) in [6, 6.07) is 10.2. The Morgan fingerprint density at radius 1 is 1.06 bits per heavy atom. The van der Waals surface area contributed by atoms with Crippen molar-refractivity contribution >= 4 is 23.2 Å². The fourth-order valence-electron chi connectivity index (χ4n) is 1.51. The molecule has 2 rings (SSSR count). The molecule has 82 valence electrons. The Morgan fingerprint density at radius 3 is 2.31 bits per heavy atom. The second kappa shape index (κ2) is 4.86. The normalized spacial score (nSPS) is 10.4. The van der Waals surface area contributed by atoms with E-state index in [1.165, 1.54) is 5.56 Å². The van der Waals surface area contributed by atoms with Gasteiger partial charge in [0.2, 0.25) is 0 Å². The lowest BCUT2D eigenvalue weighted by atomic mass is 10.0. The molecular weight excluding hydrogens is 241 g/mol. The Hall–Kier alpha value is -1.05. The van der Waals surface area contributed by atoms with Crippen molar-refractivity contribution in [2.75, 3.05) is 0 Å². The molecule has 0 atom stereocenters. The van der Waals surface area contributed by atoms with Crippen LogP contribution in [0.1, 0.15) is 12.5 Å². The second-order valence-corrected chi connectivity index (χ2v) is 4.31. The quantitative estimate of drug-likeness (QED) is 0.711. The zero-order valence-corrected chi connectivity index (χ0v) is 10.4. The van der Waals surface area contributed by atoms with Crippen molar-refractivity contribution < 1.29 is 0 Å². The zero-order valence-electron chi connectivity index (χ0n) is 8.87. The fraction of sp³-hybridized carbons (Fsp3) is 0.154. The lowest BCUT2D eigenvalue weighted by Crippen LogP contribution is -1.84. The molecule has 0 saturated carbocycles. The smallest absolute Gasteiger partial charge is 0.147 e. The maximum absolute atomic E-state index is 5.93. The van der Waals surface area contributed by atoms with Crippen LogP contribution in [0.5, 0.6) is 0 Å². The van der Waals surface area contributed by atoms with Crippen LogP contribution in [0.2, 0.25) is 10.2 Å². The number of hydrogen-bond donors (Lipinski definition) is 0. The number of aryl methyl sites for hydroxylation is 1. The third-order valence-corrected chi connectivity index (χ3v) is 3.18. The molecule has 0 amide bonds. The molecule has 1 aromatic carbocycles. The summed E-state index contributed by atoms with van der Waals surface area (Å²) in [5.74, 6) is 0. The Bertz CT molecular complexity index is 492. The minimum atomic E-state index is 0.343. The molecule has 0 radical (unpaired) electrons. The van der Waals surface area contributed by atoms with Crippen LogP contribution in [-0.4, -0.2) is 4.98 Å². The van der Waals surface area contributed by atoms with Crippen LogP contribution in [0.4, 0.5) is 0 Å². The minimum absolute atomic E-state index is 0.343. The van der Waals surface area contributed by atoms with Crippen molar-refractivity contribution in [3.05, 3.63) is 52.3 Å². The van der Waals surface area contributed by atoms with Crippen molar-refractivity contribution in [1.82, 2.24) is 4.98 Å². The largest absolute Gasteiger partial charge is 0.242 e. The van der Waals surface area contributed by atoms with Crippen molar-refractivity contribution in [1.29, 1.82) is 0 Å². The summed E-state index contributed by atoms with van der Waals surface area (Å²) in [7, 11) is 0. The van der Waals surface area contributed by atoms with Gasteiger partial charge in [0.05, 0.1) is 5.02 Å². The average molecular weight is 252 g/mol. The van der Waals surface area contributed by atoms with E-state index in [4.69, 9.17) is 23.2 Å². The van der Waals surface area contributed by atoms with Gasteiger partial charge >= 0.3 is 0 Å². The number of halogens is 2. The summed E-state index contributed by atoms with van der Waals surface area (Å²) in [6.07, 6.45) is 2.77. The predicted molar refractivity (Wildman–Crippen MR) is 69.1 cm³/mol. The molecule has 0 spiro atoms. The van der Waals surface area contributed by atoms with E-state index in [1.54, 1.807) is 6.20 Å². The highest BCUT2D eigenvalue weighted by Crippen LogP contribution is 2.26. The van der Waals surface area contributed by atoms with Gasteiger partial charge in [0.1, 0.15) is 5.15 Å².